The number of nitrogens with zero attached hydrogens (tertiary/aromatic N) is 2. The Labute approximate surface area is 276 Å². The molecule has 8 rings (SSSR count). The van der Waals surface area contributed by atoms with Gasteiger partial charge in [0.05, 0.1) is 11.2 Å². The van der Waals surface area contributed by atoms with Gasteiger partial charge in [0.25, 0.3) is 0 Å². The highest BCUT2D eigenvalue weighted by Gasteiger charge is 2.51. The van der Waals surface area contributed by atoms with Gasteiger partial charge in [-0.15, -0.1) is 0 Å². The molecule has 0 spiro atoms. The van der Waals surface area contributed by atoms with Crippen molar-refractivity contribution in [2.24, 2.45) is 0 Å². The summed E-state index contributed by atoms with van der Waals surface area (Å²) in [5.74, 6) is 0.710. The summed E-state index contributed by atoms with van der Waals surface area (Å²) < 4.78 is 13.2. The molecule has 0 radical (unpaired) electrons. The lowest BCUT2D eigenvalue weighted by molar-refractivity contribution is 0.00578. The first-order valence-electron chi connectivity index (χ1n) is 16.2. The number of fused-ring (bicyclic) bond motifs is 2. The number of hydrogen-bond donors (Lipinski definition) is 0. The van der Waals surface area contributed by atoms with Gasteiger partial charge in [-0.05, 0) is 100 Å². The van der Waals surface area contributed by atoms with Crippen LogP contribution in [0.1, 0.15) is 27.7 Å². The third kappa shape index (κ3) is 5.13. The van der Waals surface area contributed by atoms with Crippen LogP contribution in [-0.2, 0) is 9.31 Å². The fraction of sp³-hybridized carbons (Fsp3) is 0.143. The van der Waals surface area contributed by atoms with E-state index in [-0.39, 0.29) is 0 Å². The normalized spacial score (nSPS) is 15.4. The second kappa shape index (κ2) is 11.3. The highest BCUT2D eigenvalue weighted by atomic mass is 16.7. The van der Waals surface area contributed by atoms with E-state index >= 15 is 0 Å². The van der Waals surface area contributed by atoms with E-state index in [0.29, 0.717) is 5.82 Å². The zero-order chi connectivity index (χ0) is 32.2. The molecule has 0 aliphatic carbocycles. The third-order valence-corrected chi connectivity index (χ3v) is 9.81. The molecule has 1 aromatic heterocycles. The maximum Gasteiger partial charge on any atom is 0.494 e. The van der Waals surface area contributed by atoms with Gasteiger partial charge in [0.15, 0.2) is 5.82 Å². The van der Waals surface area contributed by atoms with Gasteiger partial charge in [0, 0.05) is 18.0 Å². The maximum absolute atomic E-state index is 6.62. The van der Waals surface area contributed by atoms with Crippen molar-refractivity contribution < 1.29 is 9.31 Å². The molecular weight excluding hydrogens is 575 g/mol. The minimum atomic E-state index is -0.503. The second-order valence-electron chi connectivity index (χ2n) is 13.3. The summed E-state index contributed by atoms with van der Waals surface area (Å²) >= 11 is 0. The van der Waals surface area contributed by atoms with Crippen LogP contribution in [0.4, 0.5) is 0 Å². The summed E-state index contributed by atoms with van der Waals surface area (Å²) in [6.07, 6.45) is 3.54. The molecular formula is C42H35BN2O2. The van der Waals surface area contributed by atoms with Crippen LogP contribution in [-0.4, -0.2) is 28.3 Å². The monoisotopic (exact) mass is 610 g/mol. The van der Waals surface area contributed by atoms with Crippen LogP contribution < -0.4 is 5.46 Å². The molecule has 5 heteroatoms. The van der Waals surface area contributed by atoms with Crippen molar-refractivity contribution in [1.82, 2.24) is 9.97 Å². The third-order valence-electron chi connectivity index (χ3n) is 9.81. The van der Waals surface area contributed by atoms with Crippen molar-refractivity contribution >= 4 is 34.1 Å². The van der Waals surface area contributed by atoms with Crippen LogP contribution in [0.2, 0.25) is 0 Å². The highest BCUT2D eigenvalue weighted by molar-refractivity contribution is 6.62. The molecule has 1 aliphatic heterocycles. The summed E-state index contributed by atoms with van der Waals surface area (Å²) in [6.45, 7) is 8.41. The molecule has 0 N–H and O–H groups in total. The van der Waals surface area contributed by atoms with Crippen molar-refractivity contribution in [1.29, 1.82) is 0 Å². The van der Waals surface area contributed by atoms with Gasteiger partial charge in [-0.1, -0.05) is 115 Å². The Morgan fingerprint density at radius 1 is 0.447 bits per heavy atom. The van der Waals surface area contributed by atoms with Crippen LogP contribution in [0, 0.1) is 0 Å². The lowest BCUT2D eigenvalue weighted by Gasteiger charge is -2.32. The van der Waals surface area contributed by atoms with E-state index in [2.05, 4.69) is 159 Å². The van der Waals surface area contributed by atoms with Gasteiger partial charge >= 0.3 is 7.12 Å². The van der Waals surface area contributed by atoms with Crippen molar-refractivity contribution in [3.63, 3.8) is 0 Å². The number of rotatable bonds is 5. The van der Waals surface area contributed by atoms with Crippen LogP contribution in [0.5, 0.6) is 0 Å². The van der Waals surface area contributed by atoms with Crippen LogP contribution in [0.3, 0.4) is 0 Å². The minimum Gasteiger partial charge on any atom is -0.399 e. The molecule has 0 atom stereocenters. The van der Waals surface area contributed by atoms with E-state index in [9.17, 15) is 0 Å². The van der Waals surface area contributed by atoms with Crippen LogP contribution in [0.25, 0.3) is 66.3 Å². The molecule has 2 heterocycles. The maximum atomic E-state index is 6.62. The van der Waals surface area contributed by atoms with E-state index in [0.717, 1.165) is 27.7 Å². The first-order valence-corrected chi connectivity index (χ1v) is 16.2. The Balaban J connectivity index is 1.37. The Morgan fingerprint density at radius 2 is 0.915 bits per heavy atom. The Bertz CT molecular complexity index is 2180. The topological polar surface area (TPSA) is 44.2 Å². The number of hydrogen-bond acceptors (Lipinski definition) is 4. The van der Waals surface area contributed by atoms with Crippen molar-refractivity contribution in [2.45, 2.75) is 38.9 Å². The largest absolute Gasteiger partial charge is 0.494 e. The summed E-state index contributed by atoms with van der Waals surface area (Å²) in [5.41, 5.74) is 8.02. The number of benzene rings is 6. The molecule has 1 saturated heterocycles. The molecule has 0 saturated carbocycles. The van der Waals surface area contributed by atoms with E-state index in [1.54, 1.807) is 12.4 Å². The standard InChI is InChI=1S/C42H35BN2O2/c1-41(2)42(3,4)47-43(46-41)33-26-31(28-19-21-30(22-20-28)40-44-23-12-24-45-40)25-32(27-33)39-36-17-10-8-15-34(36)38(29-13-6-5-7-14-29)35-16-9-11-18-37(35)39/h5-27H,1-4H3. The van der Waals surface area contributed by atoms with E-state index in [1.807, 2.05) is 6.07 Å². The Kier molecular flexibility index (Phi) is 7.05. The summed E-state index contributed by atoms with van der Waals surface area (Å²) in [5, 5.41) is 4.86. The molecule has 0 unspecified atom stereocenters. The molecule has 1 fully saturated rings. The predicted molar refractivity (Wildman–Crippen MR) is 195 cm³/mol. The Morgan fingerprint density at radius 3 is 1.47 bits per heavy atom. The molecule has 7 aromatic rings. The quantitative estimate of drug-likeness (QED) is 0.144. The van der Waals surface area contributed by atoms with Crippen molar-refractivity contribution in [3.8, 4) is 44.8 Å². The van der Waals surface area contributed by atoms with Gasteiger partial charge in [0.1, 0.15) is 0 Å². The number of aromatic nitrogens is 2. The van der Waals surface area contributed by atoms with Gasteiger partial charge in [-0.2, -0.15) is 0 Å². The van der Waals surface area contributed by atoms with Crippen LogP contribution in [0.15, 0.2) is 140 Å². The molecule has 47 heavy (non-hydrogen) atoms. The van der Waals surface area contributed by atoms with Crippen LogP contribution >= 0.6 is 0 Å². The van der Waals surface area contributed by atoms with E-state index < -0.39 is 18.3 Å². The van der Waals surface area contributed by atoms with Gasteiger partial charge in [-0.3, -0.25) is 0 Å². The summed E-state index contributed by atoms with van der Waals surface area (Å²) in [7, 11) is -0.503. The van der Waals surface area contributed by atoms with Crippen molar-refractivity contribution in [2.75, 3.05) is 0 Å². The van der Waals surface area contributed by atoms with Gasteiger partial charge < -0.3 is 9.31 Å². The smallest absolute Gasteiger partial charge is 0.399 e. The fourth-order valence-electron chi connectivity index (χ4n) is 6.69. The summed E-state index contributed by atoms with van der Waals surface area (Å²) in [4.78, 5) is 8.88. The molecule has 0 amide bonds. The van der Waals surface area contributed by atoms with E-state index in [4.69, 9.17) is 9.31 Å². The van der Waals surface area contributed by atoms with Gasteiger partial charge in [0.2, 0.25) is 0 Å². The molecule has 4 nitrogen and oxygen atoms in total. The lowest BCUT2D eigenvalue weighted by Crippen LogP contribution is -2.41. The first kappa shape index (κ1) is 29.3. The predicted octanol–water partition coefficient (Wildman–Crippen LogP) is 9.75. The minimum absolute atomic E-state index is 0.456. The average molecular weight is 611 g/mol. The lowest BCUT2D eigenvalue weighted by atomic mass is 9.75. The second-order valence-corrected chi connectivity index (χ2v) is 13.3. The Hall–Kier alpha value is -5.10. The SMILES string of the molecule is CC1(C)OB(c2cc(-c3ccc(-c4ncccn4)cc3)cc(-c3c4ccccc4c(-c4ccccc4)c4ccccc34)c2)OC1(C)C. The summed E-state index contributed by atoms with van der Waals surface area (Å²) in [6, 6.07) is 45.3. The molecule has 6 aromatic carbocycles. The molecule has 228 valence electrons. The zero-order valence-corrected chi connectivity index (χ0v) is 27.1. The van der Waals surface area contributed by atoms with E-state index in [1.165, 1.54) is 38.2 Å². The first-order chi connectivity index (χ1) is 22.8. The molecule has 1 aliphatic rings. The zero-order valence-electron chi connectivity index (χ0n) is 27.1. The average Bonchev–Trinajstić information content (AvgIpc) is 3.33. The fourth-order valence-corrected chi connectivity index (χ4v) is 6.69. The molecule has 0 bridgehead atoms. The highest BCUT2D eigenvalue weighted by Crippen LogP contribution is 2.44. The van der Waals surface area contributed by atoms with Crippen molar-refractivity contribution in [3.05, 3.63) is 140 Å². The van der Waals surface area contributed by atoms with Gasteiger partial charge in [-0.25, -0.2) is 9.97 Å².